The van der Waals surface area contributed by atoms with Gasteiger partial charge in [0.2, 0.25) is 0 Å². The third kappa shape index (κ3) is 2.60. The number of rotatable bonds is 4. The fourth-order valence-electron chi connectivity index (χ4n) is 3.08. The summed E-state index contributed by atoms with van der Waals surface area (Å²) in [7, 11) is 0. The molecule has 1 N–H and O–H groups in total. The zero-order chi connectivity index (χ0) is 13.1. The SMILES string of the molecule is Cc1cccc(C(C(C)CO)N2CCCC2)c1C. The van der Waals surface area contributed by atoms with Crippen LogP contribution in [0.25, 0.3) is 0 Å². The third-order valence-corrected chi connectivity index (χ3v) is 4.33. The van der Waals surface area contributed by atoms with E-state index in [9.17, 15) is 5.11 Å². The summed E-state index contributed by atoms with van der Waals surface area (Å²) in [6.07, 6.45) is 2.58. The lowest BCUT2D eigenvalue weighted by Gasteiger charge is -2.33. The van der Waals surface area contributed by atoms with E-state index in [2.05, 4.69) is 43.9 Å². The summed E-state index contributed by atoms with van der Waals surface area (Å²) in [5.74, 6) is 0.295. The van der Waals surface area contributed by atoms with Gasteiger partial charge in [0, 0.05) is 12.6 Å². The predicted octanol–water partition coefficient (Wildman–Crippen LogP) is 3.07. The molecule has 1 aliphatic rings. The molecular formula is C16H25NO. The number of aliphatic hydroxyl groups excluding tert-OH is 1. The van der Waals surface area contributed by atoms with Crippen molar-refractivity contribution in [3.8, 4) is 0 Å². The number of aliphatic hydroxyl groups is 1. The molecule has 1 aromatic carbocycles. The Labute approximate surface area is 111 Å². The largest absolute Gasteiger partial charge is 0.396 e. The van der Waals surface area contributed by atoms with Crippen LogP contribution in [0.3, 0.4) is 0 Å². The monoisotopic (exact) mass is 247 g/mol. The molecule has 1 heterocycles. The number of hydrogen-bond acceptors (Lipinski definition) is 2. The van der Waals surface area contributed by atoms with Crippen LogP contribution in [0.4, 0.5) is 0 Å². The summed E-state index contributed by atoms with van der Waals surface area (Å²) in [4.78, 5) is 2.54. The van der Waals surface area contributed by atoms with Gasteiger partial charge in [0.1, 0.15) is 0 Å². The minimum atomic E-state index is 0.258. The third-order valence-electron chi connectivity index (χ3n) is 4.33. The summed E-state index contributed by atoms with van der Waals surface area (Å²) in [6, 6.07) is 6.92. The first-order chi connectivity index (χ1) is 8.65. The number of benzene rings is 1. The fourth-order valence-corrected chi connectivity index (χ4v) is 3.08. The van der Waals surface area contributed by atoms with Gasteiger partial charge in [0.25, 0.3) is 0 Å². The predicted molar refractivity (Wildman–Crippen MR) is 75.7 cm³/mol. The number of hydrogen-bond donors (Lipinski definition) is 1. The van der Waals surface area contributed by atoms with Crippen molar-refractivity contribution in [1.29, 1.82) is 0 Å². The Balaban J connectivity index is 2.35. The van der Waals surface area contributed by atoms with Crippen molar-refractivity contribution >= 4 is 0 Å². The molecule has 0 saturated carbocycles. The van der Waals surface area contributed by atoms with Crippen LogP contribution in [0, 0.1) is 19.8 Å². The van der Waals surface area contributed by atoms with Crippen LogP contribution >= 0.6 is 0 Å². The van der Waals surface area contributed by atoms with Crippen molar-refractivity contribution in [2.45, 2.75) is 39.7 Å². The molecule has 18 heavy (non-hydrogen) atoms. The molecule has 2 heteroatoms. The standard InChI is InChI=1S/C16H25NO/c1-12-7-6-8-15(14(12)3)16(13(2)11-18)17-9-4-5-10-17/h6-8,13,16,18H,4-5,9-11H2,1-3H3. The van der Waals surface area contributed by atoms with E-state index in [4.69, 9.17) is 0 Å². The molecule has 1 aromatic rings. The second kappa shape index (κ2) is 5.85. The molecule has 0 aliphatic carbocycles. The normalized spacial score (nSPS) is 20.0. The lowest BCUT2D eigenvalue weighted by Crippen LogP contribution is -2.32. The van der Waals surface area contributed by atoms with Crippen molar-refractivity contribution in [2.24, 2.45) is 5.92 Å². The van der Waals surface area contributed by atoms with E-state index in [-0.39, 0.29) is 6.61 Å². The first-order valence-electron chi connectivity index (χ1n) is 7.06. The van der Waals surface area contributed by atoms with Crippen molar-refractivity contribution < 1.29 is 5.11 Å². The van der Waals surface area contributed by atoms with Crippen LogP contribution in [-0.4, -0.2) is 29.7 Å². The van der Waals surface area contributed by atoms with Crippen molar-refractivity contribution in [1.82, 2.24) is 4.90 Å². The van der Waals surface area contributed by atoms with Gasteiger partial charge in [-0.3, -0.25) is 4.90 Å². The van der Waals surface area contributed by atoms with Crippen LogP contribution in [0.5, 0.6) is 0 Å². The highest BCUT2D eigenvalue weighted by Crippen LogP contribution is 2.34. The maximum Gasteiger partial charge on any atom is 0.0474 e. The lowest BCUT2D eigenvalue weighted by molar-refractivity contribution is 0.125. The first-order valence-corrected chi connectivity index (χ1v) is 7.06. The second-order valence-corrected chi connectivity index (χ2v) is 5.64. The molecule has 0 spiro atoms. The molecule has 0 radical (unpaired) electrons. The van der Waals surface area contributed by atoms with E-state index < -0.39 is 0 Å². The molecule has 0 amide bonds. The van der Waals surface area contributed by atoms with Gasteiger partial charge < -0.3 is 5.11 Å². The Kier molecular flexibility index (Phi) is 4.41. The smallest absolute Gasteiger partial charge is 0.0474 e. The van der Waals surface area contributed by atoms with Gasteiger partial charge in [-0.1, -0.05) is 25.1 Å². The first kappa shape index (κ1) is 13.6. The van der Waals surface area contributed by atoms with E-state index in [0.29, 0.717) is 12.0 Å². The Morgan fingerprint density at radius 2 is 1.89 bits per heavy atom. The van der Waals surface area contributed by atoms with Gasteiger partial charge in [-0.2, -0.15) is 0 Å². The number of likely N-dealkylation sites (tertiary alicyclic amines) is 1. The zero-order valence-electron chi connectivity index (χ0n) is 11.8. The van der Waals surface area contributed by atoms with Crippen LogP contribution in [0.1, 0.15) is 42.5 Å². The maximum atomic E-state index is 9.56. The Bertz CT molecular complexity index is 396. The summed E-state index contributed by atoms with van der Waals surface area (Å²) in [5, 5.41) is 9.56. The highest BCUT2D eigenvalue weighted by atomic mass is 16.3. The van der Waals surface area contributed by atoms with E-state index >= 15 is 0 Å². The number of nitrogens with zero attached hydrogens (tertiary/aromatic N) is 1. The lowest BCUT2D eigenvalue weighted by atomic mass is 9.89. The Morgan fingerprint density at radius 1 is 1.22 bits per heavy atom. The van der Waals surface area contributed by atoms with Gasteiger partial charge in [-0.05, 0) is 62.4 Å². The maximum absolute atomic E-state index is 9.56. The van der Waals surface area contributed by atoms with Gasteiger partial charge in [0.15, 0.2) is 0 Å². The van der Waals surface area contributed by atoms with Crippen LogP contribution in [0.15, 0.2) is 18.2 Å². The van der Waals surface area contributed by atoms with Gasteiger partial charge in [-0.25, -0.2) is 0 Å². The van der Waals surface area contributed by atoms with Crippen LogP contribution in [-0.2, 0) is 0 Å². The molecule has 0 bridgehead atoms. The molecular weight excluding hydrogens is 222 g/mol. The molecule has 1 saturated heterocycles. The zero-order valence-corrected chi connectivity index (χ0v) is 11.8. The van der Waals surface area contributed by atoms with E-state index in [1.54, 1.807) is 0 Å². The molecule has 2 atom stereocenters. The minimum Gasteiger partial charge on any atom is -0.396 e. The Morgan fingerprint density at radius 3 is 2.50 bits per heavy atom. The fraction of sp³-hybridized carbons (Fsp3) is 0.625. The molecule has 100 valence electrons. The Hall–Kier alpha value is -0.860. The average molecular weight is 247 g/mol. The quantitative estimate of drug-likeness (QED) is 0.884. The number of aryl methyl sites for hydroxylation is 1. The average Bonchev–Trinajstić information content (AvgIpc) is 2.88. The van der Waals surface area contributed by atoms with Crippen molar-refractivity contribution in [3.05, 3.63) is 34.9 Å². The van der Waals surface area contributed by atoms with E-state index in [0.717, 1.165) is 0 Å². The summed E-state index contributed by atoms with van der Waals surface area (Å²) >= 11 is 0. The molecule has 2 nitrogen and oxygen atoms in total. The van der Waals surface area contributed by atoms with E-state index in [1.165, 1.54) is 42.6 Å². The van der Waals surface area contributed by atoms with Gasteiger partial charge >= 0.3 is 0 Å². The summed E-state index contributed by atoms with van der Waals surface area (Å²) in [5.41, 5.74) is 4.13. The van der Waals surface area contributed by atoms with Crippen LogP contribution in [0.2, 0.25) is 0 Å². The molecule has 0 aromatic heterocycles. The summed E-state index contributed by atoms with van der Waals surface area (Å²) in [6.45, 7) is 9.13. The minimum absolute atomic E-state index is 0.258. The molecule has 2 unspecified atom stereocenters. The topological polar surface area (TPSA) is 23.5 Å². The highest BCUT2D eigenvalue weighted by molar-refractivity contribution is 5.35. The van der Waals surface area contributed by atoms with Gasteiger partial charge in [-0.15, -0.1) is 0 Å². The molecule has 1 aliphatic heterocycles. The van der Waals surface area contributed by atoms with Gasteiger partial charge in [0.05, 0.1) is 0 Å². The molecule has 1 fully saturated rings. The van der Waals surface area contributed by atoms with Crippen molar-refractivity contribution in [2.75, 3.05) is 19.7 Å². The van der Waals surface area contributed by atoms with E-state index in [1.807, 2.05) is 0 Å². The van der Waals surface area contributed by atoms with Crippen LogP contribution < -0.4 is 0 Å². The molecule has 2 rings (SSSR count). The summed E-state index contributed by atoms with van der Waals surface area (Å²) < 4.78 is 0. The highest BCUT2D eigenvalue weighted by Gasteiger charge is 2.29. The second-order valence-electron chi connectivity index (χ2n) is 5.64. The van der Waals surface area contributed by atoms with Crippen molar-refractivity contribution in [3.63, 3.8) is 0 Å².